The van der Waals surface area contributed by atoms with Gasteiger partial charge in [-0.3, -0.25) is 0 Å². The second-order valence-electron chi connectivity index (χ2n) is 7.80. The minimum Gasteiger partial charge on any atom is -0.411 e. The summed E-state index contributed by atoms with van der Waals surface area (Å²) in [6.45, 7) is 19.3. The van der Waals surface area contributed by atoms with E-state index in [1.165, 1.54) is 0 Å². The molecular formula is C16H30O2Si2. The monoisotopic (exact) mass is 310 g/mol. The molecule has 0 aliphatic carbocycles. The van der Waals surface area contributed by atoms with Gasteiger partial charge in [-0.25, -0.2) is 0 Å². The molecule has 2 atom stereocenters. The zero-order valence-electron chi connectivity index (χ0n) is 14.5. The highest BCUT2D eigenvalue weighted by molar-refractivity contribution is 6.83. The topological polar surface area (TPSA) is 29.5 Å². The number of aliphatic hydroxyl groups is 1. The van der Waals surface area contributed by atoms with Gasteiger partial charge in [-0.2, -0.15) is 0 Å². The zero-order valence-corrected chi connectivity index (χ0v) is 16.5. The number of rotatable bonds is 3. The van der Waals surface area contributed by atoms with Crippen LogP contribution in [0.4, 0.5) is 0 Å². The normalized spacial score (nSPS) is 15.5. The second-order valence-corrected chi connectivity index (χ2v) is 17.3. The quantitative estimate of drug-likeness (QED) is 0.637. The second kappa shape index (κ2) is 6.96. The van der Waals surface area contributed by atoms with Crippen LogP contribution in [0.1, 0.15) is 27.7 Å². The molecule has 0 radical (unpaired) electrons. The fourth-order valence-corrected chi connectivity index (χ4v) is 3.00. The highest BCUT2D eigenvalue weighted by Crippen LogP contribution is 2.37. The van der Waals surface area contributed by atoms with Crippen molar-refractivity contribution in [3.63, 3.8) is 0 Å². The SMILES string of the molecule is C[C@H](O[Si](C)(C)C(C)(C)C)[C@@H](O)C#CC#C[Si](C)(C)C. The molecular weight excluding hydrogens is 280 g/mol. The van der Waals surface area contributed by atoms with E-state index in [2.05, 4.69) is 76.8 Å². The molecule has 0 unspecified atom stereocenters. The third-order valence-corrected chi connectivity index (χ3v) is 8.90. The molecule has 0 spiro atoms. The first-order valence-corrected chi connectivity index (χ1v) is 13.6. The molecule has 0 aromatic heterocycles. The van der Waals surface area contributed by atoms with Crippen molar-refractivity contribution >= 4 is 16.4 Å². The first kappa shape index (κ1) is 19.5. The summed E-state index contributed by atoms with van der Waals surface area (Å²) in [5.74, 6) is 8.39. The van der Waals surface area contributed by atoms with Crippen LogP contribution in [0.5, 0.6) is 0 Å². The first-order chi connectivity index (χ1) is 8.76. The van der Waals surface area contributed by atoms with Crippen molar-refractivity contribution in [2.45, 2.75) is 77.7 Å². The van der Waals surface area contributed by atoms with E-state index in [-0.39, 0.29) is 11.1 Å². The summed E-state index contributed by atoms with van der Waals surface area (Å²) in [7, 11) is -3.25. The van der Waals surface area contributed by atoms with Crippen LogP contribution in [0.2, 0.25) is 37.8 Å². The van der Waals surface area contributed by atoms with Gasteiger partial charge in [0, 0.05) is 0 Å². The van der Waals surface area contributed by atoms with Crippen LogP contribution in [0.15, 0.2) is 0 Å². The van der Waals surface area contributed by atoms with Crippen molar-refractivity contribution in [1.29, 1.82) is 0 Å². The maximum atomic E-state index is 10.0. The van der Waals surface area contributed by atoms with Gasteiger partial charge in [0.1, 0.15) is 14.2 Å². The van der Waals surface area contributed by atoms with Crippen molar-refractivity contribution in [3.8, 4) is 23.3 Å². The smallest absolute Gasteiger partial charge is 0.192 e. The average Bonchev–Trinajstić information content (AvgIpc) is 2.20. The van der Waals surface area contributed by atoms with Crippen molar-refractivity contribution in [2.24, 2.45) is 0 Å². The fraction of sp³-hybridized carbons (Fsp3) is 0.750. The molecule has 1 N–H and O–H groups in total. The largest absolute Gasteiger partial charge is 0.411 e. The molecule has 0 bridgehead atoms. The highest BCUT2D eigenvalue weighted by atomic mass is 28.4. The van der Waals surface area contributed by atoms with E-state index in [4.69, 9.17) is 4.43 Å². The summed E-state index contributed by atoms with van der Waals surface area (Å²) in [5.41, 5.74) is 3.16. The predicted octanol–water partition coefficient (Wildman–Crippen LogP) is 3.64. The molecule has 0 rings (SSSR count). The van der Waals surface area contributed by atoms with E-state index >= 15 is 0 Å². The molecule has 0 aliphatic heterocycles. The molecule has 20 heavy (non-hydrogen) atoms. The third-order valence-electron chi connectivity index (χ3n) is 3.45. The van der Waals surface area contributed by atoms with E-state index in [0.29, 0.717) is 0 Å². The first-order valence-electron chi connectivity index (χ1n) is 7.15. The Morgan fingerprint density at radius 2 is 1.50 bits per heavy atom. The Labute approximate surface area is 127 Å². The molecule has 0 amide bonds. The van der Waals surface area contributed by atoms with Crippen molar-refractivity contribution in [3.05, 3.63) is 0 Å². The molecule has 4 heteroatoms. The van der Waals surface area contributed by atoms with Crippen molar-refractivity contribution < 1.29 is 9.53 Å². The lowest BCUT2D eigenvalue weighted by atomic mass is 10.2. The Hall–Kier alpha value is -0.526. The van der Waals surface area contributed by atoms with Gasteiger partial charge in [0.05, 0.1) is 6.10 Å². The van der Waals surface area contributed by atoms with E-state index in [1.54, 1.807) is 0 Å². The molecule has 0 fully saturated rings. The summed E-state index contributed by atoms with van der Waals surface area (Å²) in [4.78, 5) is 0. The van der Waals surface area contributed by atoms with Crippen molar-refractivity contribution in [1.82, 2.24) is 0 Å². The van der Waals surface area contributed by atoms with E-state index < -0.39 is 22.5 Å². The van der Waals surface area contributed by atoms with Crippen LogP contribution in [0.3, 0.4) is 0 Å². The third kappa shape index (κ3) is 7.31. The Bertz CT molecular complexity index is 434. The van der Waals surface area contributed by atoms with Gasteiger partial charge >= 0.3 is 0 Å². The molecule has 0 aromatic rings. The van der Waals surface area contributed by atoms with Gasteiger partial charge in [0.15, 0.2) is 8.32 Å². The Morgan fingerprint density at radius 1 is 1.00 bits per heavy atom. The molecule has 0 saturated heterocycles. The Kier molecular flexibility index (Phi) is 6.77. The minimum absolute atomic E-state index is 0.131. The van der Waals surface area contributed by atoms with Gasteiger partial charge in [-0.1, -0.05) is 46.3 Å². The molecule has 0 heterocycles. The van der Waals surface area contributed by atoms with Crippen LogP contribution in [0.25, 0.3) is 0 Å². The maximum absolute atomic E-state index is 10.0. The summed E-state index contributed by atoms with van der Waals surface area (Å²) in [5, 5.41) is 10.2. The van der Waals surface area contributed by atoms with E-state index in [1.807, 2.05) is 6.92 Å². The van der Waals surface area contributed by atoms with Gasteiger partial charge < -0.3 is 9.53 Å². The number of hydrogen-bond donors (Lipinski definition) is 1. The lowest BCUT2D eigenvalue weighted by molar-refractivity contribution is 0.0751. The molecule has 0 saturated carbocycles. The average molecular weight is 311 g/mol. The lowest BCUT2D eigenvalue weighted by Crippen LogP contribution is -2.45. The fourth-order valence-electron chi connectivity index (χ4n) is 1.15. The maximum Gasteiger partial charge on any atom is 0.192 e. The summed E-state index contributed by atoms with van der Waals surface area (Å²) < 4.78 is 6.11. The van der Waals surface area contributed by atoms with Crippen LogP contribution >= 0.6 is 0 Å². The highest BCUT2D eigenvalue weighted by Gasteiger charge is 2.39. The molecule has 0 aliphatic rings. The summed E-state index contributed by atoms with van der Waals surface area (Å²) in [6, 6.07) is 0. The van der Waals surface area contributed by atoms with Crippen LogP contribution in [0, 0.1) is 23.3 Å². The van der Waals surface area contributed by atoms with Crippen LogP contribution in [-0.4, -0.2) is 33.7 Å². The van der Waals surface area contributed by atoms with Crippen molar-refractivity contribution in [2.75, 3.05) is 0 Å². The standard InChI is InChI=1S/C16H30O2Si2/c1-14(18-20(8,9)16(2,3)4)15(17)12-10-11-13-19(5,6)7/h14-15,17H,1-9H3/t14-,15-/m0/s1. The van der Waals surface area contributed by atoms with Crippen LogP contribution in [-0.2, 0) is 4.43 Å². The molecule has 0 aromatic carbocycles. The zero-order chi connectivity index (χ0) is 16.2. The Morgan fingerprint density at radius 3 is 1.90 bits per heavy atom. The van der Waals surface area contributed by atoms with Gasteiger partial charge in [-0.05, 0) is 36.9 Å². The minimum atomic E-state index is -1.87. The van der Waals surface area contributed by atoms with Gasteiger partial charge in [0.25, 0.3) is 0 Å². The lowest BCUT2D eigenvalue weighted by Gasteiger charge is -2.38. The molecule has 2 nitrogen and oxygen atoms in total. The number of hydrogen-bond acceptors (Lipinski definition) is 2. The predicted molar refractivity (Wildman–Crippen MR) is 92.6 cm³/mol. The summed E-state index contributed by atoms with van der Waals surface area (Å²) >= 11 is 0. The van der Waals surface area contributed by atoms with E-state index in [9.17, 15) is 5.11 Å². The Balaban J connectivity index is 4.70. The van der Waals surface area contributed by atoms with E-state index in [0.717, 1.165) is 0 Å². The van der Waals surface area contributed by atoms with Gasteiger partial charge in [0.2, 0.25) is 0 Å². The number of aliphatic hydroxyl groups excluding tert-OH is 1. The van der Waals surface area contributed by atoms with Gasteiger partial charge in [-0.15, -0.1) is 5.54 Å². The van der Waals surface area contributed by atoms with Crippen LogP contribution < -0.4 is 0 Å². The summed E-state index contributed by atoms with van der Waals surface area (Å²) in [6.07, 6.45) is -1.06. The molecule has 114 valence electrons.